The van der Waals surface area contributed by atoms with Crippen molar-refractivity contribution in [3.05, 3.63) is 10.5 Å². The van der Waals surface area contributed by atoms with Gasteiger partial charge in [0.05, 0.1) is 0 Å². The predicted octanol–water partition coefficient (Wildman–Crippen LogP) is 2.26. The van der Waals surface area contributed by atoms with Crippen LogP contribution < -0.4 is 5.69 Å². The molecule has 86 valence electrons. The summed E-state index contributed by atoms with van der Waals surface area (Å²) in [7, 11) is 0. The maximum atomic E-state index is 11.4. The highest BCUT2D eigenvalue weighted by molar-refractivity contribution is 7.99. The van der Waals surface area contributed by atoms with Crippen LogP contribution in [-0.2, 0) is 6.54 Å². The molecule has 15 heavy (non-hydrogen) atoms. The maximum Gasteiger partial charge on any atom is 0.343 e. The molecule has 0 aliphatic rings. The van der Waals surface area contributed by atoms with Crippen molar-refractivity contribution < 1.29 is 0 Å². The molecule has 0 spiro atoms. The molecule has 0 aliphatic heterocycles. The van der Waals surface area contributed by atoms with Crippen LogP contribution in [0.3, 0.4) is 0 Å². The fraction of sp³-hybridized carbons (Fsp3) is 0.800. The number of thioether (sulfide) groups is 1. The molecule has 0 amide bonds. The summed E-state index contributed by atoms with van der Waals surface area (Å²) in [4.78, 5) is 11.4. The molecule has 0 saturated heterocycles. The Labute approximate surface area is 94.5 Å². The Morgan fingerprint density at radius 1 is 1.53 bits per heavy atom. The number of hydrogen-bond acceptors (Lipinski definition) is 3. The molecular weight excluding hydrogens is 210 g/mol. The van der Waals surface area contributed by atoms with Crippen molar-refractivity contribution in [3.63, 3.8) is 0 Å². The monoisotopic (exact) mass is 229 g/mol. The van der Waals surface area contributed by atoms with Crippen LogP contribution in [0, 0.1) is 0 Å². The van der Waals surface area contributed by atoms with Gasteiger partial charge in [0.15, 0.2) is 5.16 Å². The fourth-order valence-corrected chi connectivity index (χ4v) is 2.10. The lowest BCUT2D eigenvalue weighted by molar-refractivity contribution is 0.572. The van der Waals surface area contributed by atoms with Gasteiger partial charge in [-0.15, -0.1) is 5.10 Å². The molecule has 1 heterocycles. The number of aromatic nitrogens is 3. The predicted molar refractivity (Wildman–Crippen MR) is 63.4 cm³/mol. The number of rotatable bonds is 6. The van der Waals surface area contributed by atoms with E-state index in [2.05, 4.69) is 31.0 Å². The van der Waals surface area contributed by atoms with Gasteiger partial charge in [0.25, 0.3) is 0 Å². The minimum atomic E-state index is -0.0887. The minimum absolute atomic E-state index is 0.0887. The molecule has 1 aromatic rings. The Hall–Kier alpha value is -0.710. The van der Waals surface area contributed by atoms with Gasteiger partial charge in [0.2, 0.25) is 0 Å². The fourth-order valence-electron chi connectivity index (χ4n) is 1.17. The van der Waals surface area contributed by atoms with E-state index in [0.717, 1.165) is 31.0 Å². The van der Waals surface area contributed by atoms with Gasteiger partial charge >= 0.3 is 5.69 Å². The van der Waals surface area contributed by atoms with Crippen molar-refractivity contribution in [2.75, 3.05) is 0 Å². The summed E-state index contributed by atoms with van der Waals surface area (Å²) in [5, 5.41) is 7.88. The second-order valence-corrected chi connectivity index (χ2v) is 5.06. The van der Waals surface area contributed by atoms with Gasteiger partial charge in [0, 0.05) is 11.8 Å². The third kappa shape index (κ3) is 3.41. The smallest absolute Gasteiger partial charge is 0.270 e. The van der Waals surface area contributed by atoms with E-state index in [9.17, 15) is 4.79 Å². The Morgan fingerprint density at radius 2 is 2.27 bits per heavy atom. The van der Waals surface area contributed by atoms with Crippen LogP contribution in [0.15, 0.2) is 9.95 Å². The molecule has 0 aliphatic carbocycles. The molecule has 0 saturated carbocycles. The first-order valence-electron chi connectivity index (χ1n) is 5.50. The highest BCUT2D eigenvalue weighted by atomic mass is 32.2. The second-order valence-electron chi connectivity index (χ2n) is 3.65. The molecule has 0 radical (unpaired) electrons. The van der Waals surface area contributed by atoms with Crippen LogP contribution in [0.2, 0.25) is 0 Å². The van der Waals surface area contributed by atoms with E-state index in [1.807, 2.05) is 0 Å². The van der Waals surface area contributed by atoms with Crippen LogP contribution in [0.25, 0.3) is 0 Å². The SMILES string of the molecule is CCCCn1c(SC(C)CC)n[nH]c1=O. The average molecular weight is 229 g/mol. The molecule has 1 aromatic heterocycles. The lowest BCUT2D eigenvalue weighted by atomic mass is 10.3. The minimum Gasteiger partial charge on any atom is -0.270 e. The van der Waals surface area contributed by atoms with E-state index in [1.54, 1.807) is 16.3 Å². The third-order valence-corrected chi connectivity index (χ3v) is 3.60. The molecule has 5 heteroatoms. The first kappa shape index (κ1) is 12.4. The average Bonchev–Trinajstić information content (AvgIpc) is 2.57. The number of aromatic amines is 1. The summed E-state index contributed by atoms with van der Waals surface area (Å²) in [6, 6.07) is 0. The first-order valence-corrected chi connectivity index (χ1v) is 6.38. The quantitative estimate of drug-likeness (QED) is 0.761. The molecule has 0 fully saturated rings. The van der Waals surface area contributed by atoms with E-state index in [-0.39, 0.29) is 5.69 Å². The Balaban J connectivity index is 2.74. The van der Waals surface area contributed by atoms with Gasteiger partial charge in [-0.1, -0.05) is 39.0 Å². The summed E-state index contributed by atoms with van der Waals surface area (Å²) < 4.78 is 1.74. The second kappa shape index (κ2) is 6.00. The van der Waals surface area contributed by atoms with Crippen LogP contribution in [0.5, 0.6) is 0 Å². The summed E-state index contributed by atoms with van der Waals surface area (Å²) in [5.74, 6) is 0. The lowest BCUT2D eigenvalue weighted by Crippen LogP contribution is -2.18. The standard InChI is InChI=1S/C10H19N3OS/c1-4-6-7-13-9(14)11-12-10(13)15-8(3)5-2/h8H,4-7H2,1-3H3,(H,11,14). The zero-order chi connectivity index (χ0) is 11.3. The van der Waals surface area contributed by atoms with Gasteiger partial charge in [-0.2, -0.15) is 0 Å². The van der Waals surface area contributed by atoms with Gasteiger partial charge in [-0.05, 0) is 12.8 Å². The number of hydrogen-bond donors (Lipinski definition) is 1. The molecule has 1 N–H and O–H groups in total. The lowest BCUT2D eigenvalue weighted by Gasteiger charge is -2.08. The number of H-pyrrole nitrogens is 1. The van der Waals surface area contributed by atoms with Crippen LogP contribution in [0.1, 0.15) is 40.0 Å². The van der Waals surface area contributed by atoms with Gasteiger partial charge in [-0.25, -0.2) is 9.89 Å². The van der Waals surface area contributed by atoms with Crippen molar-refractivity contribution >= 4 is 11.8 Å². The van der Waals surface area contributed by atoms with E-state index in [1.165, 1.54) is 0 Å². The third-order valence-electron chi connectivity index (χ3n) is 2.34. The maximum absolute atomic E-state index is 11.4. The van der Waals surface area contributed by atoms with Crippen LogP contribution in [-0.4, -0.2) is 20.0 Å². The van der Waals surface area contributed by atoms with Crippen molar-refractivity contribution in [1.29, 1.82) is 0 Å². The summed E-state index contributed by atoms with van der Waals surface area (Å²) >= 11 is 1.66. The van der Waals surface area contributed by atoms with E-state index >= 15 is 0 Å². The van der Waals surface area contributed by atoms with Crippen LogP contribution in [0.4, 0.5) is 0 Å². The Bertz CT molecular complexity index is 345. The van der Waals surface area contributed by atoms with Crippen LogP contribution >= 0.6 is 11.8 Å². The molecule has 1 rings (SSSR count). The van der Waals surface area contributed by atoms with Crippen molar-refractivity contribution in [3.8, 4) is 0 Å². The molecular formula is C10H19N3OS. The number of nitrogens with one attached hydrogen (secondary N) is 1. The van der Waals surface area contributed by atoms with E-state index in [0.29, 0.717) is 5.25 Å². The number of nitrogens with zero attached hydrogens (tertiary/aromatic N) is 2. The summed E-state index contributed by atoms with van der Waals surface area (Å²) in [5.41, 5.74) is -0.0887. The first-order chi connectivity index (χ1) is 7.19. The highest BCUT2D eigenvalue weighted by Crippen LogP contribution is 2.21. The van der Waals surface area contributed by atoms with E-state index < -0.39 is 0 Å². The van der Waals surface area contributed by atoms with Gasteiger partial charge in [0.1, 0.15) is 0 Å². The van der Waals surface area contributed by atoms with Crippen molar-refractivity contribution in [1.82, 2.24) is 14.8 Å². The number of unbranched alkanes of at least 4 members (excludes halogenated alkanes) is 1. The molecule has 1 atom stereocenters. The molecule has 0 aromatic carbocycles. The zero-order valence-corrected chi connectivity index (χ0v) is 10.4. The Morgan fingerprint density at radius 3 is 2.87 bits per heavy atom. The van der Waals surface area contributed by atoms with E-state index in [4.69, 9.17) is 0 Å². The molecule has 4 nitrogen and oxygen atoms in total. The van der Waals surface area contributed by atoms with Crippen molar-refractivity contribution in [2.45, 2.75) is 57.0 Å². The normalized spacial score (nSPS) is 13.0. The molecule has 1 unspecified atom stereocenters. The largest absolute Gasteiger partial charge is 0.343 e. The summed E-state index contributed by atoms with van der Waals surface area (Å²) in [6.45, 7) is 7.17. The topological polar surface area (TPSA) is 50.7 Å². The van der Waals surface area contributed by atoms with Crippen molar-refractivity contribution in [2.24, 2.45) is 0 Å². The van der Waals surface area contributed by atoms with Gasteiger partial charge < -0.3 is 0 Å². The highest BCUT2D eigenvalue weighted by Gasteiger charge is 2.11. The Kier molecular flexibility index (Phi) is 4.94. The summed E-state index contributed by atoms with van der Waals surface area (Å²) in [6.07, 6.45) is 3.19. The molecule has 0 bridgehead atoms. The zero-order valence-electron chi connectivity index (χ0n) is 9.62. The van der Waals surface area contributed by atoms with Gasteiger partial charge in [-0.3, -0.25) is 4.57 Å².